The highest BCUT2D eigenvalue weighted by Crippen LogP contribution is 2.32. The maximum absolute atomic E-state index is 4.43. The Morgan fingerprint density at radius 3 is 2.50 bits per heavy atom. The molecule has 1 unspecified atom stereocenters. The highest BCUT2D eigenvalue weighted by molar-refractivity contribution is 5.82. The summed E-state index contributed by atoms with van der Waals surface area (Å²) in [6.45, 7) is 22.4. The standard InChI is InChI=1S/C31H39N/c1-7-14-26-17-13-19-28(23-26)27(10-4)18-12-11-16-25(6)30(22-24(5)9-3)29-20-21-32-31(29)15-8-2/h7-9,13,17,19-23,27,32H,1-3,5-6,10-12,14-16,18H2,4H3. The van der Waals surface area contributed by atoms with Gasteiger partial charge in [-0.3, -0.25) is 0 Å². The van der Waals surface area contributed by atoms with Gasteiger partial charge in [0.15, 0.2) is 0 Å². The van der Waals surface area contributed by atoms with E-state index in [4.69, 9.17) is 0 Å². The smallest absolute Gasteiger partial charge is 0.0265 e. The van der Waals surface area contributed by atoms with Crippen molar-refractivity contribution >= 4 is 5.57 Å². The second-order valence-electron chi connectivity index (χ2n) is 8.39. The first-order valence-corrected chi connectivity index (χ1v) is 11.7. The van der Waals surface area contributed by atoms with Crippen LogP contribution in [0, 0.1) is 0 Å². The summed E-state index contributed by atoms with van der Waals surface area (Å²) in [5.41, 5.74) is 8.35. The van der Waals surface area contributed by atoms with Crippen LogP contribution in [0.1, 0.15) is 67.3 Å². The van der Waals surface area contributed by atoms with Gasteiger partial charge in [-0.2, -0.15) is 0 Å². The Hall–Kier alpha value is -3.06. The molecule has 1 aromatic heterocycles. The molecule has 1 heteroatoms. The first-order chi connectivity index (χ1) is 15.5. The Morgan fingerprint density at radius 2 is 1.81 bits per heavy atom. The molecule has 0 aliphatic heterocycles. The van der Waals surface area contributed by atoms with Gasteiger partial charge in [-0.15, -0.1) is 13.2 Å². The van der Waals surface area contributed by atoms with E-state index in [1.54, 1.807) is 6.08 Å². The van der Waals surface area contributed by atoms with Gasteiger partial charge in [-0.05, 0) is 78.0 Å². The molecule has 1 N–H and O–H groups in total. The van der Waals surface area contributed by atoms with Crippen molar-refractivity contribution in [2.24, 2.45) is 0 Å². The highest BCUT2D eigenvalue weighted by atomic mass is 14.7. The van der Waals surface area contributed by atoms with Gasteiger partial charge in [0.25, 0.3) is 0 Å². The maximum Gasteiger partial charge on any atom is 0.0265 e. The molecule has 0 radical (unpaired) electrons. The number of unbranched alkanes of at least 4 members (excludes halogenated alkanes) is 1. The van der Waals surface area contributed by atoms with E-state index < -0.39 is 0 Å². The van der Waals surface area contributed by atoms with Crippen LogP contribution in [-0.4, -0.2) is 4.98 Å². The van der Waals surface area contributed by atoms with E-state index in [9.17, 15) is 0 Å². The molecule has 1 nitrogen and oxygen atoms in total. The maximum atomic E-state index is 4.43. The summed E-state index contributed by atoms with van der Waals surface area (Å²) in [4.78, 5) is 3.34. The third-order valence-corrected chi connectivity index (χ3v) is 6.02. The number of H-pyrrole nitrogens is 1. The quantitative estimate of drug-likeness (QED) is 0.166. The third kappa shape index (κ3) is 7.27. The number of allylic oxidation sites excluding steroid dienone is 7. The molecule has 168 valence electrons. The molecule has 1 heterocycles. The summed E-state index contributed by atoms with van der Waals surface area (Å²) >= 11 is 0. The predicted molar refractivity (Wildman–Crippen MR) is 143 cm³/mol. The molecule has 0 saturated heterocycles. The summed E-state index contributed by atoms with van der Waals surface area (Å²) in [5.74, 6) is 0.604. The molecule has 1 atom stereocenters. The van der Waals surface area contributed by atoms with Crippen LogP contribution in [0.15, 0.2) is 105 Å². The van der Waals surface area contributed by atoms with Gasteiger partial charge in [-0.1, -0.05) is 75.6 Å². The number of benzene rings is 1. The number of aromatic nitrogens is 1. The van der Waals surface area contributed by atoms with Crippen molar-refractivity contribution in [3.8, 4) is 0 Å². The zero-order valence-electron chi connectivity index (χ0n) is 19.8. The van der Waals surface area contributed by atoms with Crippen LogP contribution in [-0.2, 0) is 12.8 Å². The van der Waals surface area contributed by atoms with Crippen LogP contribution in [0.25, 0.3) is 5.57 Å². The first kappa shape index (κ1) is 25.2. The lowest BCUT2D eigenvalue weighted by atomic mass is 9.88. The molecule has 0 aliphatic carbocycles. The van der Waals surface area contributed by atoms with Gasteiger partial charge in [0, 0.05) is 23.9 Å². The second-order valence-corrected chi connectivity index (χ2v) is 8.39. The van der Waals surface area contributed by atoms with Gasteiger partial charge in [-0.25, -0.2) is 0 Å². The summed E-state index contributed by atoms with van der Waals surface area (Å²) in [5, 5.41) is 0. The van der Waals surface area contributed by atoms with Gasteiger partial charge in [0.2, 0.25) is 0 Å². The van der Waals surface area contributed by atoms with E-state index in [0.717, 1.165) is 54.5 Å². The average Bonchev–Trinajstić information content (AvgIpc) is 3.25. The molecular formula is C31H39N. The molecule has 0 aliphatic rings. The van der Waals surface area contributed by atoms with E-state index in [2.05, 4.69) is 81.2 Å². The lowest BCUT2D eigenvalue weighted by Crippen LogP contribution is -1.99. The lowest BCUT2D eigenvalue weighted by Gasteiger charge is -2.17. The number of hydrogen-bond donors (Lipinski definition) is 1. The second kappa shape index (κ2) is 13.4. The van der Waals surface area contributed by atoms with E-state index in [0.29, 0.717) is 5.92 Å². The van der Waals surface area contributed by atoms with Crippen molar-refractivity contribution in [1.82, 2.24) is 4.98 Å². The topological polar surface area (TPSA) is 15.8 Å². The number of rotatable bonds is 15. The van der Waals surface area contributed by atoms with E-state index in [1.165, 1.54) is 29.5 Å². The Morgan fingerprint density at radius 1 is 1.03 bits per heavy atom. The predicted octanol–water partition coefficient (Wildman–Crippen LogP) is 8.91. The molecule has 0 amide bonds. The molecule has 1 aromatic carbocycles. The minimum absolute atomic E-state index is 0.604. The molecule has 2 aromatic rings. The average molecular weight is 426 g/mol. The molecule has 2 rings (SSSR count). The fourth-order valence-corrected chi connectivity index (χ4v) is 4.20. The van der Waals surface area contributed by atoms with Crippen molar-refractivity contribution in [3.63, 3.8) is 0 Å². The summed E-state index contributed by atoms with van der Waals surface area (Å²) in [6.07, 6.45) is 17.2. The van der Waals surface area contributed by atoms with Gasteiger partial charge >= 0.3 is 0 Å². The number of aromatic amines is 1. The molecule has 0 spiro atoms. The summed E-state index contributed by atoms with van der Waals surface area (Å²) in [7, 11) is 0. The zero-order valence-corrected chi connectivity index (χ0v) is 19.8. The van der Waals surface area contributed by atoms with Crippen LogP contribution < -0.4 is 0 Å². The Kier molecular flexibility index (Phi) is 10.5. The van der Waals surface area contributed by atoms with Gasteiger partial charge in [0.1, 0.15) is 0 Å². The zero-order chi connectivity index (χ0) is 23.3. The fraction of sp³-hybridized carbons (Fsp3) is 0.290. The van der Waals surface area contributed by atoms with Gasteiger partial charge < -0.3 is 4.98 Å². The van der Waals surface area contributed by atoms with E-state index in [1.807, 2.05) is 18.3 Å². The first-order valence-electron chi connectivity index (χ1n) is 11.7. The fourth-order valence-electron chi connectivity index (χ4n) is 4.20. The van der Waals surface area contributed by atoms with Crippen LogP contribution in [0.2, 0.25) is 0 Å². The lowest BCUT2D eigenvalue weighted by molar-refractivity contribution is 0.558. The SMILES string of the molecule is C=CCc1cccc(C(CC)CCCCC(=C)C(=CC(=C)C=C)c2cc[nH]c2CC=C)c1. The normalized spacial score (nSPS) is 12.2. The molecule has 0 bridgehead atoms. The Bertz CT molecular complexity index is 966. The summed E-state index contributed by atoms with van der Waals surface area (Å²) < 4.78 is 0. The monoisotopic (exact) mass is 425 g/mol. The largest absolute Gasteiger partial charge is 0.364 e. The molecule has 0 saturated carbocycles. The molecular weight excluding hydrogens is 386 g/mol. The van der Waals surface area contributed by atoms with Crippen molar-refractivity contribution < 1.29 is 0 Å². The minimum atomic E-state index is 0.604. The molecule has 32 heavy (non-hydrogen) atoms. The third-order valence-electron chi connectivity index (χ3n) is 6.02. The van der Waals surface area contributed by atoms with Crippen molar-refractivity contribution in [2.75, 3.05) is 0 Å². The van der Waals surface area contributed by atoms with Crippen LogP contribution in [0.3, 0.4) is 0 Å². The molecule has 0 fully saturated rings. The van der Waals surface area contributed by atoms with E-state index in [-0.39, 0.29) is 0 Å². The van der Waals surface area contributed by atoms with Crippen molar-refractivity contribution in [1.29, 1.82) is 0 Å². The van der Waals surface area contributed by atoms with Crippen molar-refractivity contribution in [3.05, 3.63) is 127 Å². The Balaban J connectivity index is 2.02. The Labute approximate surface area is 195 Å². The van der Waals surface area contributed by atoms with Crippen LogP contribution >= 0.6 is 0 Å². The highest BCUT2D eigenvalue weighted by Gasteiger charge is 2.13. The number of nitrogens with one attached hydrogen (secondary N) is 1. The van der Waals surface area contributed by atoms with Crippen molar-refractivity contribution in [2.45, 2.75) is 57.8 Å². The van der Waals surface area contributed by atoms with Crippen LogP contribution in [0.5, 0.6) is 0 Å². The number of hydrogen-bond acceptors (Lipinski definition) is 0. The minimum Gasteiger partial charge on any atom is -0.364 e. The summed E-state index contributed by atoms with van der Waals surface area (Å²) in [6, 6.07) is 11.1. The van der Waals surface area contributed by atoms with Crippen LogP contribution in [0.4, 0.5) is 0 Å². The van der Waals surface area contributed by atoms with Gasteiger partial charge in [0.05, 0.1) is 0 Å². The van der Waals surface area contributed by atoms with E-state index >= 15 is 0 Å².